The highest BCUT2D eigenvalue weighted by molar-refractivity contribution is 7.15. The fraction of sp³-hybridized carbons (Fsp3) is 0.222. The van der Waals surface area contributed by atoms with Gasteiger partial charge in [0.25, 0.3) is 11.1 Å². The van der Waals surface area contributed by atoms with Gasteiger partial charge in [-0.05, 0) is 61.7 Å². The van der Waals surface area contributed by atoms with Crippen LogP contribution in [0.4, 0.5) is 0 Å². The average molecular weight is 500 g/mol. The van der Waals surface area contributed by atoms with E-state index in [2.05, 4.69) is 23.9 Å². The number of thiazole rings is 1. The molecule has 0 atom stereocenters. The van der Waals surface area contributed by atoms with Crippen LogP contribution in [0.1, 0.15) is 31.5 Å². The number of para-hydroxylation sites is 1. The molecule has 8 nitrogen and oxygen atoms in total. The fourth-order valence-electron chi connectivity index (χ4n) is 3.68. The lowest BCUT2D eigenvalue weighted by Gasteiger charge is -2.08. The van der Waals surface area contributed by atoms with Crippen molar-refractivity contribution in [3.05, 3.63) is 97.3 Å². The summed E-state index contributed by atoms with van der Waals surface area (Å²) in [6.07, 6.45) is 4.65. The molecule has 5 aromatic rings. The molecule has 0 radical (unpaired) electrons. The van der Waals surface area contributed by atoms with Gasteiger partial charge in [-0.15, -0.1) is 0 Å². The zero-order chi connectivity index (χ0) is 25.2. The number of hydrogen-bond acceptors (Lipinski definition) is 7. The Kier molecular flexibility index (Phi) is 6.47. The summed E-state index contributed by atoms with van der Waals surface area (Å²) in [5, 5.41) is 8.93. The Morgan fingerprint density at radius 1 is 1.03 bits per heavy atom. The number of rotatable bonds is 7. The molecule has 0 aliphatic heterocycles. The zero-order valence-corrected chi connectivity index (χ0v) is 21.0. The van der Waals surface area contributed by atoms with Gasteiger partial charge < -0.3 is 4.74 Å². The predicted octanol–water partition coefficient (Wildman–Crippen LogP) is 3.64. The van der Waals surface area contributed by atoms with Crippen molar-refractivity contribution in [2.45, 2.75) is 27.2 Å². The van der Waals surface area contributed by atoms with Crippen LogP contribution in [0.2, 0.25) is 0 Å². The second kappa shape index (κ2) is 9.87. The maximum absolute atomic E-state index is 13.0. The number of aromatic nitrogens is 5. The van der Waals surface area contributed by atoms with E-state index in [0.29, 0.717) is 17.1 Å². The molecular formula is C27H25N5O3S. The molecule has 36 heavy (non-hydrogen) atoms. The first-order chi connectivity index (χ1) is 17.4. The van der Waals surface area contributed by atoms with Crippen LogP contribution in [0, 0.1) is 12.8 Å². The molecule has 0 spiro atoms. The summed E-state index contributed by atoms with van der Waals surface area (Å²) in [5.74, 6) is 1.38. The number of fused-ring (bicyclic) bond motifs is 1. The summed E-state index contributed by atoms with van der Waals surface area (Å²) in [5.41, 5.74) is 2.69. The molecule has 0 unspecified atom stereocenters. The molecule has 3 aromatic heterocycles. The molecule has 182 valence electrons. The van der Waals surface area contributed by atoms with E-state index in [9.17, 15) is 9.59 Å². The van der Waals surface area contributed by atoms with Crippen molar-refractivity contribution >= 4 is 22.4 Å². The van der Waals surface area contributed by atoms with Crippen LogP contribution in [0.3, 0.4) is 0 Å². The van der Waals surface area contributed by atoms with Gasteiger partial charge in [-0.25, -0.2) is 4.68 Å². The number of nitrogens with zero attached hydrogens (tertiary/aromatic N) is 5. The van der Waals surface area contributed by atoms with Crippen molar-refractivity contribution in [3.63, 3.8) is 0 Å². The van der Waals surface area contributed by atoms with E-state index in [4.69, 9.17) is 9.84 Å². The van der Waals surface area contributed by atoms with Crippen molar-refractivity contribution in [3.8, 4) is 22.7 Å². The Morgan fingerprint density at radius 2 is 1.78 bits per heavy atom. The van der Waals surface area contributed by atoms with Crippen molar-refractivity contribution in [1.82, 2.24) is 24.4 Å². The highest BCUT2D eigenvalue weighted by Crippen LogP contribution is 2.26. The maximum atomic E-state index is 13.0. The highest BCUT2D eigenvalue weighted by Gasteiger charge is 2.14. The Balaban J connectivity index is 1.59. The maximum Gasteiger partial charge on any atom is 0.295 e. The minimum Gasteiger partial charge on any atom is -0.494 e. The molecule has 0 amide bonds. The number of hydrogen-bond donors (Lipinski definition) is 0. The topological polar surface area (TPSA) is 91.4 Å². The number of benzene rings is 2. The van der Waals surface area contributed by atoms with Gasteiger partial charge in [-0.2, -0.15) is 19.7 Å². The fourth-order valence-corrected chi connectivity index (χ4v) is 4.57. The summed E-state index contributed by atoms with van der Waals surface area (Å²) >= 11 is 1.13. The quantitative estimate of drug-likeness (QED) is 0.340. The normalized spacial score (nSPS) is 12.1. The summed E-state index contributed by atoms with van der Waals surface area (Å²) < 4.78 is 9.25. The second-order valence-corrected chi connectivity index (χ2v) is 9.89. The van der Waals surface area contributed by atoms with E-state index < -0.39 is 5.56 Å². The molecular weight excluding hydrogens is 474 g/mol. The van der Waals surface area contributed by atoms with Crippen molar-refractivity contribution in [1.29, 1.82) is 0 Å². The van der Waals surface area contributed by atoms with E-state index in [-0.39, 0.29) is 16.2 Å². The first-order valence-corrected chi connectivity index (χ1v) is 12.5. The smallest absolute Gasteiger partial charge is 0.295 e. The first-order valence-electron chi connectivity index (χ1n) is 11.7. The lowest BCUT2D eigenvalue weighted by molar-refractivity contribution is 0.289. The molecule has 5 rings (SSSR count). The molecule has 0 N–H and O–H groups in total. The third-order valence-electron chi connectivity index (χ3n) is 5.68. The third kappa shape index (κ3) is 4.83. The summed E-state index contributed by atoms with van der Waals surface area (Å²) in [7, 11) is 0. The van der Waals surface area contributed by atoms with Gasteiger partial charge in [0.15, 0.2) is 0 Å². The van der Waals surface area contributed by atoms with Gasteiger partial charge in [0, 0.05) is 17.3 Å². The van der Waals surface area contributed by atoms with Crippen LogP contribution in [0.5, 0.6) is 5.75 Å². The average Bonchev–Trinajstić information content (AvgIpc) is 3.42. The SMILES string of the molecule is Cc1nn2c(=O)/c(=C\c3cn(-c4ccccc4)nc3-c3ccc(OCCC(C)C)cc3)sc2nc1=O. The summed E-state index contributed by atoms with van der Waals surface area (Å²) in [6, 6.07) is 17.6. The van der Waals surface area contributed by atoms with Gasteiger partial charge in [-0.1, -0.05) is 43.4 Å². The van der Waals surface area contributed by atoms with Crippen LogP contribution in [-0.2, 0) is 0 Å². The standard InChI is InChI=1S/C27H25N5O3S/c1-17(2)13-14-35-22-11-9-19(10-12-22)24-20(16-31(30-24)21-7-5-4-6-8-21)15-23-26(34)32-27(36-23)28-25(33)18(3)29-32/h4-12,15-17H,13-14H2,1-3H3/b23-15+. The van der Waals surface area contributed by atoms with Gasteiger partial charge in [0.2, 0.25) is 4.96 Å². The Morgan fingerprint density at radius 3 is 2.50 bits per heavy atom. The van der Waals surface area contributed by atoms with Gasteiger partial charge in [0.05, 0.1) is 16.8 Å². The zero-order valence-electron chi connectivity index (χ0n) is 20.2. The second-order valence-electron chi connectivity index (χ2n) is 8.88. The van der Waals surface area contributed by atoms with Crippen LogP contribution in [0.15, 0.2) is 70.4 Å². The van der Waals surface area contributed by atoms with E-state index in [1.807, 2.05) is 60.8 Å². The highest BCUT2D eigenvalue weighted by atomic mass is 32.1. The van der Waals surface area contributed by atoms with Gasteiger partial charge in [0.1, 0.15) is 17.1 Å². The molecule has 0 aliphatic rings. The molecule has 0 bridgehead atoms. The van der Waals surface area contributed by atoms with Crippen LogP contribution >= 0.6 is 11.3 Å². The minimum atomic E-state index is -0.434. The van der Waals surface area contributed by atoms with E-state index in [1.54, 1.807) is 17.7 Å². The van der Waals surface area contributed by atoms with E-state index in [1.165, 1.54) is 4.52 Å². The van der Waals surface area contributed by atoms with Gasteiger partial charge in [-0.3, -0.25) is 9.59 Å². The Bertz CT molecular complexity index is 1690. The first kappa shape index (κ1) is 23.6. The Hall–Kier alpha value is -4.11. The van der Waals surface area contributed by atoms with Crippen molar-refractivity contribution < 1.29 is 4.74 Å². The van der Waals surface area contributed by atoms with E-state index >= 15 is 0 Å². The molecule has 0 saturated carbocycles. The Labute approximate surface area is 211 Å². The minimum absolute atomic E-state index is 0.183. The molecule has 2 aromatic carbocycles. The lowest BCUT2D eigenvalue weighted by Crippen LogP contribution is -2.27. The summed E-state index contributed by atoms with van der Waals surface area (Å²) in [4.78, 5) is 29.2. The van der Waals surface area contributed by atoms with Gasteiger partial charge >= 0.3 is 0 Å². The van der Waals surface area contributed by atoms with Crippen molar-refractivity contribution in [2.75, 3.05) is 6.61 Å². The number of aryl methyl sites for hydroxylation is 1. The summed E-state index contributed by atoms with van der Waals surface area (Å²) in [6.45, 7) is 6.55. The van der Waals surface area contributed by atoms with Crippen LogP contribution in [0.25, 0.3) is 28.0 Å². The molecule has 0 fully saturated rings. The number of ether oxygens (including phenoxy) is 1. The van der Waals surface area contributed by atoms with E-state index in [0.717, 1.165) is 46.0 Å². The molecule has 3 heterocycles. The molecule has 0 saturated heterocycles. The third-order valence-corrected chi connectivity index (χ3v) is 6.64. The largest absolute Gasteiger partial charge is 0.494 e. The molecule has 0 aliphatic carbocycles. The van der Waals surface area contributed by atoms with Crippen LogP contribution in [-0.4, -0.2) is 31.0 Å². The monoisotopic (exact) mass is 499 g/mol. The van der Waals surface area contributed by atoms with Crippen molar-refractivity contribution in [2.24, 2.45) is 5.92 Å². The van der Waals surface area contributed by atoms with Crippen LogP contribution < -0.4 is 20.4 Å². The lowest BCUT2D eigenvalue weighted by atomic mass is 10.1. The molecule has 9 heteroatoms. The predicted molar refractivity (Wildman–Crippen MR) is 141 cm³/mol.